The Kier molecular flexibility index (Phi) is 3.18. The molecule has 0 bridgehead atoms. The van der Waals surface area contributed by atoms with Crippen LogP contribution in [0.4, 0.5) is 4.39 Å². The molecular formula is C12H9FN2O3. The number of hydrogen-bond acceptors (Lipinski definition) is 4. The Morgan fingerprint density at radius 3 is 2.89 bits per heavy atom. The van der Waals surface area contributed by atoms with Crippen molar-refractivity contribution >= 4 is 5.97 Å². The number of aromatic nitrogens is 2. The van der Waals surface area contributed by atoms with Crippen molar-refractivity contribution in [2.45, 2.75) is 6.92 Å². The monoisotopic (exact) mass is 248 g/mol. The van der Waals surface area contributed by atoms with Crippen LogP contribution in [0.2, 0.25) is 0 Å². The molecule has 0 saturated carbocycles. The Morgan fingerprint density at radius 2 is 2.17 bits per heavy atom. The van der Waals surface area contributed by atoms with Crippen LogP contribution in [0.1, 0.15) is 16.1 Å². The fourth-order valence-corrected chi connectivity index (χ4v) is 1.30. The lowest BCUT2D eigenvalue weighted by molar-refractivity contribution is 0.0689. The maximum atomic E-state index is 13.0. The molecule has 0 aliphatic rings. The minimum absolute atomic E-state index is 0.00333. The molecule has 0 fully saturated rings. The number of carboxylic acids is 1. The predicted octanol–water partition coefficient (Wildman–Crippen LogP) is 2.41. The quantitative estimate of drug-likeness (QED) is 0.902. The van der Waals surface area contributed by atoms with Gasteiger partial charge in [0, 0.05) is 6.07 Å². The summed E-state index contributed by atoms with van der Waals surface area (Å²) in [6.45, 7) is 1.74. The standard InChI is InChI=1S/C12H9FN2O3/c1-7-2-3-8(13)4-10(7)18-11-6-14-5-9(15-11)12(16)17/h2-6H,1H3,(H,16,17). The molecule has 2 aromatic rings. The largest absolute Gasteiger partial charge is 0.476 e. The third kappa shape index (κ3) is 2.60. The van der Waals surface area contributed by atoms with Crippen molar-refractivity contribution in [3.63, 3.8) is 0 Å². The highest BCUT2D eigenvalue weighted by Crippen LogP contribution is 2.23. The van der Waals surface area contributed by atoms with Crippen molar-refractivity contribution in [2.75, 3.05) is 0 Å². The molecule has 0 aliphatic heterocycles. The molecule has 92 valence electrons. The van der Waals surface area contributed by atoms with Gasteiger partial charge in [0.05, 0.1) is 12.4 Å². The van der Waals surface area contributed by atoms with Crippen LogP contribution < -0.4 is 4.74 Å². The SMILES string of the molecule is Cc1ccc(F)cc1Oc1cncc(C(=O)O)n1. The second-order valence-electron chi connectivity index (χ2n) is 3.56. The maximum absolute atomic E-state index is 13.0. The van der Waals surface area contributed by atoms with Gasteiger partial charge in [0.25, 0.3) is 0 Å². The number of nitrogens with zero attached hydrogens (tertiary/aromatic N) is 2. The highest BCUT2D eigenvalue weighted by atomic mass is 19.1. The molecular weight excluding hydrogens is 239 g/mol. The molecule has 6 heteroatoms. The number of halogens is 1. The number of aromatic carboxylic acids is 1. The van der Waals surface area contributed by atoms with E-state index in [-0.39, 0.29) is 17.3 Å². The highest BCUT2D eigenvalue weighted by molar-refractivity contribution is 5.84. The van der Waals surface area contributed by atoms with E-state index in [9.17, 15) is 9.18 Å². The highest BCUT2D eigenvalue weighted by Gasteiger charge is 2.09. The zero-order valence-corrected chi connectivity index (χ0v) is 9.42. The number of aryl methyl sites for hydroxylation is 1. The number of hydrogen-bond donors (Lipinski definition) is 1. The van der Waals surface area contributed by atoms with Crippen LogP contribution in [0.15, 0.2) is 30.6 Å². The first-order chi connectivity index (χ1) is 8.56. The lowest BCUT2D eigenvalue weighted by Crippen LogP contribution is -2.02. The summed E-state index contributed by atoms with van der Waals surface area (Å²) in [5.41, 5.74) is 0.473. The Hall–Kier alpha value is -2.50. The summed E-state index contributed by atoms with van der Waals surface area (Å²) in [6.07, 6.45) is 2.37. The van der Waals surface area contributed by atoms with Gasteiger partial charge in [-0.3, -0.25) is 4.98 Å². The van der Waals surface area contributed by atoms with Gasteiger partial charge in [-0.05, 0) is 18.6 Å². The van der Waals surface area contributed by atoms with Crippen LogP contribution >= 0.6 is 0 Å². The van der Waals surface area contributed by atoms with Gasteiger partial charge >= 0.3 is 5.97 Å². The minimum Gasteiger partial charge on any atom is -0.476 e. The van der Waals surface area contributed by atoms with Gasteiger partial charge in [-0.2, -0.15) is 0 Å². The molecule has 1 N–H and O–H groups in total. The third-order valence-corrected chi connectivity index (χ3v) is 2.20. The van der Waals surface area contributed by atoms with E-state index in [0.717, 1.165) is 6.20 Å². The van der Waals surface area contributed by atoms with E-state index in [0.29, 0.717) is 5.56 Å². The second kappa shape index (κ2) is 4.79. The van der Waals surface area contributed by atoms with Crippen LogP contribution in [-0.4, -0.2) is 21.0 Å². The molecule has 1 heterocycles. The summed E-state index contributed by atoms with van der Waals surface area (Å²) in [5.74, 6) is -1.38. The van der Waals surface area contributed by atoms with E-state index in [2.05, 4.69) is 9.97 Å². The van der Waals surface area contributed by atoms with E-state index < -0.39 is 11.8 Å². The number of carboxylic acid groups (broad SMARTS) is 1. The van der Waals surface area contributed by atoms with Gasteiger partial charge < -0.3 is 9.84 Å². The molecule has 0 spiro atoms. The summed E-state index contributed by atoms with van der Waals surface area (Å²) >= 11 is 0. The van der Waals surface area contributed by atoms with Crippen LogP contribution in [-0.2, 0) is 0 Å². The van der Waals surface area contributed by atoms with Crippen molar-refractivity contribution in [1.82, 2.24) is 9.97 Å². The molecule has 0 radical (unpaired) electrons. The summed E-state index contributed by atoms with van der Waals surface area (Å²) in [7, 11) is 0. The molecule has 0 amide bonds. The summed E-state index contributed by atoms with van der Waals surface area (Å²) in [5, 5.41) is 8.76. The topological polar surface area (TPSA) is 72.3 Å². The molecule has 0 aliphatic carbocycles. The molecule has 0 unspecified atom stereocenters. The number of benzene rings is 1. The molecule has 5 nitrogen and oxygen atoms in total. The fraction of sp³-hybridized carbons (Fsp3) is 0.0833. The first-order valence-electron chi connectivity index (χ1n) is 5.05. The molecule has 1 aromatic carbocycles. The van der Waals surface area contributed by atoms with Gasteiger partial charge in [0.2, 0.25) is 5.88 Å². The Morgan fingerprint density at radius 1 is 1.39 bits per heavy atom. The lowest BCUT2D eigenvalue weighted by Gasteiger charge is -2.07. The predicted molar refractivity (Wildman–Crippen MR) is 60.2 cm³/mol. The average Bonchev–Trinajstić information content (AvgIpc) is 2.34. The van der Waals surface area contributed by atoms with Gasteiger partial charge in [-0.25, -0.2) is 14.2 Å². The molecule has 0 saturated heterocycles. The van der Waals surface area contributed by atoms with Gasteiger partial charge in [-0.1, -0.05) is 6.07 Å². The van der Waals surface area contributed by atoms with E-state index >= 15 is 0 Å². The number of ether oxygens (including phenoxy) is 1. The van der Waals surface area contributed by atoms with Crippen LogP contribution in [0.25, 0.3) is 0 Å². The van der Waals surface area contributed by atoms with Crippen molar-refractivity contribution in [2.24, 2.45) is 0 Å². The lowest BCUT2D eigenvalue weighted by atomic mass is 10.2. The third-order valence-electron chi connectivity index (χ3n) is 2.20. The van der Waals surface area contributed by atoms with Gasteiger partial charge in [-0.15, -0.1) is 0 Å². The Bertz CT molecular complexity index is 602. The summed E-state index contributed by atoms with van der Waals surface area (Å²) in [6, 6.07) is 4.06. The zero-order chi connectivity index (χ0) is 13.1. The van der Waals surface area contributed by atoms with Crippen molar-refractivity contribution in [3.8, 4) is 11.6 Å². The van der Waals surface area contributed by atoms with Gasteiger partial charge in [0.1, 0.15) is 11.6 Å². The van der Waals surface area contributed by atoms with E-state index in [4.69, 9.17) is 9.84 Å². The first kappa shape index (κ1) is 12.0. The normalized spacial score (nSPS) is 10.1. The van der Waals surface area contributed by atoms with Crippen molar-refractivity contribution < 1.29 is 19.0 Å². The molecule has 18 heavy (non-hydrogen) atoms. The zero-order valence-electron chi connectivity index (χ0n) is 9.42. The van der Waals surface area contributed by atoms with E-state index in [1.54, 1.807) is 13.0 Å². The number of carbonyl (C=O) groups is 1. The van der Waals surface area contributed by atoms with Crippen LogP contribution in [0.5, 0.6) is 11.6 Å². The van der Waals surface area contributed by atoms with Crippen molar-refractivity contribution in [3.05, 3.63) is 47.7 Å². The maximum Gasteiger partial charge on any atom is 0.356 e. The summed E-state index contributed by atoms with van der Waals surface area (Å²) in [4.78, 5) is 18.1. The van der Waals surface area contributed by atoms with Crippen molar-refractivity contribution in [1.29, 1.82) is 0 Å². The molecule has 1 aromatic heterocycles. The van der Waals surface area contributed by atoms with E-state index in [1.807, 2.05) is 0 Å². The van der Waals surface area contributed by atoms with Crippen LogP contribution in [0, 0.1) is 12.7 Å². The Balaban J connectivity index is 2.31. The van der Waals surface area contributed by atoms with Gasteiger partial charge in [0.15, 0.2) is 5.69 Å². The fourth-order valence-electron chi connectivity index (χ4n) is 1.30. The molecule has 2 rings (SSSR count). The molecule has 0 atom stereocenters. The number of rotatable bonds is 3. The second-order valence-corrected chi connectivity index (χ2v) is 3.56. The smallest absolute Gasteiger partial charge is 0.356 e. The summed E-state index contributed by atoms with van der Waals surface area (Å²) < 4.78 is 18.4. The van der Waals surface area contributed by atoms with Crippen LogP contribution in [0.3, 0.4) is 0 Å². The minimum atomic E-state index is -1.20. The first-order valence-corrected chi connectivity index (χ1v) is 5.05. The Labute approximate surface area is 102 Å². The average molecular weight is 248 g/mol. The van der Waals surface area contributed by atoms with E-state index in [1.165, 1.54) is 18.3 Å².